The van der Waals surface area contributed by atoms with Crippen molar-refractivity contribution in [3.8, 4) is 0 Å². The first-order valence-electron chi connectivity index (χ1n) is 10.2. The van der Waals surface area contributed by atoms with E-state index in [1.807, 2.05) is 0 Å². The van der Waals surface area contributed by atoms with E-state index in [9.17, 15) is 24.9 Å². The van der Waals surface area contributed by atoms with Crippen molar-refractivity contribution in [1.82, 2.24) is 0 Å². The van der Waals surface area contributed by atoms with Gasteiger partial charge in [-0.1, -0.05) is 19.9 Å². The summed E-state index contributed by atoms with van der Waals surface area (Å²) in [5, 5.41) is 31.9. The summed E-state index contributed by atoms with van der Waals surface area (Å²) in [4.78, 5) is 24.3. The highest BCUT2D eigenvalue weighted by atomic mass is 19.1. The van der Waals surface area contributed by atoms with Crippen LogP contribution >= 0.6 is 0 Å². The molecule has 3 fully saturated rings. The molecular weight excluding hydrogens is 382 g/mol. The zero-order chi connectivity index (χ0) is 21.6. The van der Waals surface area contributed by atoms with Gasteiger partial charge in [-0.15, -0.1) is 0 Å². The van der Waals surface area contributed by atoms with E-state index in [0.717, 1.165) is 6.08 Å². The van der Waals surface area contributed by atoms with E-state index in [4.69, 9.17) is 0 Å². The topological polar surface area (TPSA) is 94.8 Å². The minimum atomic E-state index is -2.24. The summed E-state index contributed by atoms with van der Waals surface area (Å²) in [6.45, 7) is 3.96. The number of Topliss-reactive ketones (excluding diaryl/α,β-unsaturated/α-hetero) is 1. The van der Waals surface area contributed by atoms with Gasteiger partial charge in [0.05, 0.1) is 6.10 Å². The van der Waals surface area contributed by atoms with E-state index >= 15 is 8.78 Å². The quantitative estimate of drug-likeness (QED) is 0.646. The van der Waals surface area contributed by atoms with Crippen LogP contribution in [0.1, 0.15) is 40.0 Å². The lowest BCUT2D eigenvalue weighted by Crippen LogP contribution is -2.70. The van der Waals surface area contributed by atoms with Gasteiger partial charge in [0.2, 0.25) is 0 Å². The maximum absolute atomic E-state index is 16.9. The fourth-order valence-corrected chi connectivity index (χ4v) is 7.25. The Morgan fingerprint density at radius 3 is 2.55 bits per heavy atom. The molecule has 0 bridgehead atoms. The summed E-state index contributed by atoms with van der Waals surface area (Å²) in [5.74, 6) is -3.24. The van der Waals surface area contributed by atoms with Gasteiger partial charge >= 0.3 is 0 Å². The first-order valence-corrected chi connectivity index (χ1v) is 10.2. The molecule has 0 aromatic carbocycles. The van der Waals surface area contributed by atoms with E-state index in [1.165, 1.54) is 19.1 Å². The molecule has 0 aromatic heterocycles. The molecule has 7 heteroatoms. The average molecular weight is 410 g/mol. The summed E-state index contributed by atoms with van der Waals surface area (Å²) in [5.41, 5.74) is -6.81. The molecule has 4 aliphatic carbocycles. The third kappa shape index (κ3) is 2.19. The van der Waals surface area contributed by atoms with Crippen molar-refractivity contribution >= 4 is 11.6 Å². The fourth-order valence-electron chi connectivity index (χ4n) is 7.25. The maximum Gasteiger partial charge on any atom is 0.190 e. The minimum Gasteiger partial charge on any atom is -0.390 e. The number of carbonyl (C=O) groups is 2. The van der Waals surface area contributed by atoms with Crippen LogP contribution in [0, 0.1) is 28.6 Å². The molecule has 0 unspecified atom stereocenters. The first-order chi connectivity index (χ1) is 13.4. The van der Waals surface area contributed by atoms with Gasteiger partial charge in [-0.2, -0.15) is 0 Å². The van der Waals surface area contributed by atoms with E-state index in [2.05, 4.69) is 0 Å². The van der Waals surface area contributed by atoms with E-state index in [-0.39, 0.29) is 24.8 Å². The van der Waals surface area contributed by atoms with Crippen LogP contribution in [0.4, 0.5) is 8.78 Å². The monoisotopic (exact) mass is 410 g/mol. The van der Waals surface area contributed by atoms with Gasteiger partial charge in [-0.25, -0.2) is 8.78 Å². The second-order valence-corrected chi connectivity index (χ2v) is 9.84. The van der Waals surface area contributed by atoms with Crippen molar-refractivity contribution in [1.29, 1.82) is 0 Å². The Hall–Kier alpha value is -1.44. The van der Waals surface area contributed by atoms with Crippen LogP contribution in [0.2, 0.25) is 0 Å². The molecule has 0 aliphatic heterocycles. The normalized spacial score (nSPS) is 53.7. The van der Waals surface area contributed by atoms with Gasteiger partial charge in [0, 0.05) is 16.7 Å². The Morgan fingerprint density at radius 2 is 1.93 bits per heavy atom. The van der Waals surface area contributed by atoms with Gasteiger partial charge in [-0.05, 0) is 55.7 Å². The van der Waals surface area contributed by atoms with Gasteiger partial charge < -0.3 is 15.3 Å². The number of hydrogen-bond acceptors (Lipinski definition) is 5. The lowest BCUT2D eigenvalue weighted by atomic mass is 9.44. The SMILES string of the molecule is C[C@H]1C[C@H]2[C@@H]3C[C@H](F)C4=CC(=O)C=C[C@]4(C)[C@]3(F)[C@@H](O)C[C@]2(C)[C@@]1(O)C(=O)CO. The lowest BCUT2D eigenvalue weighted by molar-refractivity contribution is -0.223. The molecule has 4 aliphatic rings. The lowest BCUT2D eigenvalue weighted by Gasteiger charge is -2.63. The van der Waals surface area contributed by atoms with Gasteiger partial charge in [0.15, 0.2) is 17.2 Å². The number of allylic oxidation sites excluding steroid dienone is 4. The predicted molar refractivity (Wildman–Crippen MR) is 100 cm³/mol. The van der Waals surface area contributed by atoms with Crippen molar-refractivity contribution in [3.05, 3.63) is 23.8 Å². The largest absolute Gasteiger partial charge is 0.390 e. The Kier molecular flexibility index (Phi) is 4.34. The summed E-state index contributed by atoms with van der Waals surface area (Å²) in [6, 6.07) is 0. The van der Waals surface area contributed by atoms with E-state index < -0.39 is 70.3 Å². The molecule has 0 amide bonds. The Labute approximate surface area is 168 Å². The number of rotatable bonds is 2. The molecule has 5 nitrogen and oxygen atoms in total. The number of aliphatic hydroxyl groups is 3. The second kappa shape index (κ2) is 6.05. The molecular formula is C22H28F2O5. The number of carbonyl (C=O) groups excluding carboxylic acids is 2. The van der Waals surface area contributed by atoms with Crippen LogP contribution in [0.5, 0.6) is 0 Å². The fraction of sp³-hybridized carbons (Fsp3) is 0.727. The van der Waals surface area contributed by atoms with E-state index in [1.54, 1.807) is 13.8 Å². The molecule has 29 heavy (non-hydrogen) atoms. The zero-order valence-electron chi connectivity index (χ0n) is 16.9. The van der Waals surface area contributed by atoms with Gasteiger partial charge in [-0.3, -0.25) is 9.59 Å². The maximum atomic E-state index is 16.9. The van der Waals surface area contributed by atoms with Crippen molar-refractivity contribution in [2.45, 2.75) is 63.6 Å². The van der Waals surface area contributed by atoms with Crippen molar-refractivity contribution < 1.29 is 33.7 Å². The van der Waals surface area contributed by atoms with Crippen molar-refractivity contribution in [2.75, 3.05) is 6.61 Å². The van der Waals surface area contributed by atoms with Crippen molar-refractivity contribution in [3.63, 3.8) is 0 Å². The number of fused-ring (bicyclic) bond motifs is 5. The summed E-state index contributed by atoms with van der Waals surface area (Å²) >= 11 is 0. The Balaban J connectivity index is 1.87. The first kappa shape index (κ1) is 20.8. The number of ketones is 2. The van der Waals surface area contributed by atoms with Crippen molar-refractivity contribution in [2.24, 2.45) is 28.6 Å². The van der Waals surface area contributed by atoms with Gasteiger partial charge in [0.25, 0.3) is 0 Å². The standard InChI is InChI=1S/C22H28F2O5/c1-11-6-13-14-8-16(23)15-7-12(26)4-5-19(15,2)21(14,24)17(27)9-20(13,3)22(11,29)18(28)10-25/h4-5,7,11,13-14,16-17,25,27,29H,6,8-10H2,1-3H3/t11-,13-,14-,16-,17-,19-,20-,21+,22-/m0/s1. The predicted octanol–water partition coefficient (Wildman–Crippen LogP) is 1.84. The van der Waals surface area contributed by atoms with Crippen LogP contribution in [0.15, 0.2) is 23.8 Å². The molecule has 3 saturated carbocycles. The molecule has 4 rings (SSSR count). The van der Waals surface area contributed by atoms with Gasteiger partial charge in [0.1, 0.15) is 18.4 Å². The average Bonchev–Trinajstić information content (AvgIpc) is 2.86. The molecule has 0 saturated heterocycles. The minimum absolute atomic E-state index is 0.0409. The van der Waals surface area contributed by atoms with Crippen LogP contribution < -0.4 is 0 Å². The number of hydrogen-bond donors (Lipinski definition) is 3. The van der Waals surface area contributed by atoms with Crippen LogP contribution in [-0.4, -0.2) is 57.0 Å². The highest BCUT2D eigenvalue weighted by Crippen LogP contribution is 2.70. The summed E-state index contributed by atoms with van der Waals surface area (Å²) in [6.07, 6.45) is 0.427. The molecule has 0 heterocycles. The molecule has 160 valence electrons. The molecule has 3 N–H and O–H groups in total. The highest BCUT2D eigenvalue weighted by molar-refractivity contribution is 6.01. The Morgan fingerprint density at radius 1 is 1.28 bits per heavy atom. The Bertz CT molecular complexity index is 839. The summed E-state index contributed by atoms with van der Waals surface area (Å²) < 4.78 is 32.1. The molecule has 9 atom stereocenters. The second-order valence-electron chi connectivity index (χ2n) is 9.84. The third-order valence-electron chi connectivity index (χ3n) is 8.78. The number of alkyl halides is 2. The third-order valence-corrected chi connectivity index (χ3v) is 8.78. The summed E-state index contributed by atoms with van der Waals surface area (Å²) in [7, 11) is 0. The highest BCUT2D eigenvalue weighted by Gasteiger charge is 2.76. The smallest absolute Gasteiger partial charge is 0.190 e. The molecule has 0 spiro atoms. The van der Waals surface area contributed by atoms with Crippen LogP contribution in [0.3, 0.4) is 0 Å². The number of aliphatic hydroxyl groups excluding tert-OH is 2. The van der Waals surface area contributed by atoms with Crippen LogP contribution in [-0.2, 0) is 9.59 Å². The molecule has 0 aromatic rings. The van der Waals surface area contributed by atoms with E-state index in [0.29, 0.717) is 0 Å². The zero-order valence-corrected chi connectivity index (χ0v) is 16.9. The number of halogens is 2. The molecule has 0 radical (unpaired) electrons. The van der Waals surface area contributed by atoms with Crippen LogP contribution in [0.25, 0.3) is 0 Å².